The van der Waals surface area contributed by atoms with Crippen LogP contribution in [0.4, 0.5) is 0 Å². The van der Waals surface area contributed by atoms with Crippen LogP contribution in [0.1, 0.15) is 72.1 Å². The molecule has 2 heteroatoms. The number of hydrogen-bond acceptors (Lipinski definition) is 2. The van der Waals surface area contributed by atoms with Crippen LogP contribution in [0.5, 0.6) is 0 Å². The van der Waals surface area contributed by atoms with E-state index in [-0.39, 0.29) is 12.2 Å². The van der Waals surface area contributed by atoms with Gasteiger partial charge in [-0.25, -0.2) is 0 Å². The molecule has 0 spiro atoms. The van der Waals surface area contributed by atoms with E-state index in [1.165, 1.54) is 19.3 Å². The van der Waals surface area contributed by atoms with E-state index in [9.17, 15) is 5.11 Å². The third kappa shape index (κ3) is 8.12. The SMILES string of the molecule is CCCCCCOC(CCC)C(O)CCC. The van der Waals surface area contributed by atoms with Crippen molar-refractivity contribution in [2.45, 2.75) is 84.3 Å². The molecule has 98 valence electrons. The molecule has 0 aliphatic carbocycles. The Balaban J connectivity index is 3.66. The van der Waals surface area contributed by atoms with Crippen molar-refractivity contribution in [3.8, 4) is 0 Å². The highest BCUT2D eigenvalue weighted by Gasteiger charge is 2.17. The molecule has 0 saturated carbocycles. The molecule has 0 aromatic heterocycles. The third-order valence-corrected chi connectivity index (χ3v) is 2.92. The van der Waals surface area contributed by atoms with Crippen LogP contribution in [0.3, 0.4) is 0 Å². The van der Waals surface area contributed by atoms with Crippen molar-refractivity contribution in [1.82, 2.24) is 0 Å². The fraction of sp³-hybridized carbons (Fsp3) is 1.00. The second-order valence-electron chi connectivity index (χ2n) is 4.61. The second-order valence-corrected chi connectivity index (χ2v) is 4.61. The van der Waals surface area contributed by atoms with E-state index in [0.29, 0.717) is 0 Å². The number of aliphatic hydroxyl groups excluding tert-OH is 1. The molecule has 0 radical (unpaired) electrons. The summed E-state index contributed by atoms with van der Waals surface area (Å²) in [5.74, 6) is 0. The third-order valence-electron chi connectivity index (χ3n) is 2.92. The largest absolute Gasteiger partial charge is 0.390 e. The van der Waals surface area contributed by atoms with Crippen molar-refractivity contribution in [1.29, 1.82) is 0 Å². The predicted molar refractivity (Wildman–Crippen MR) is 69.7 cm³/mol. The van der Waals surface area contributed by atoms with Gasteiger partial charge in [0.25, 0.3) is 0 Å². The van der Waals surface area contributed by atoms with E-state index >= 15 is 0 Å². The molecule has 0 aromatic carbocycles. The Morgan fingerprint density at radius 2 is 1.56 bits per heavy atom. The van der Waals surface area contributed by atoms with Crippen molar-refractivity contribution in [2.24, 2.45) is 0 Å². The smallest absolute Gasteiger partial charge is 0.0833 e. The highest BCUT2D eigenvalue weighted by atomic mass is 16.5. The van der Waals surface area contributed by atoms with Crippen molar-refractivity contribution in [2.75, 3.05) is 6.61 Å². The molecule has 2 unspecified atom stereocenters. The minimum absolute atomic E-state index is 0.0616. The summed E-state index contributed by atoms with van der Waals surface area (Å²) in [5.41, 5.74) is 0. The van der Waals surface area contributed by atoms with E-state index in [1.807, 2.05) is 0 Å². The lowest BCUT2D eigenvalue weighted by atomic mass is 10.0. The highest BCUT2D eigenvalue weighted by molar-refractivity contribution is 4.68. The molecule has 2 nitrogen and oxygen atoms in total. The standard InChI is InChI=1S/C14H30O2/c1-4-7-8-9-12-16-14(11-6-3)13(15)10-5-2/h13-15H,4-12H2,1-3H3. The van der Waals surface area contributed by atoms with Gasteiger partial charge in [-0.2, -0.15) is 0 Å². The fourth-order valence-corrected chi connectivity index (χ4v) is 1.92. The summed E-state index contributed by atoms with van der Waals surface area (Å²) in [6.07, 6.45) is 8.68. The molecule has 1 N–H and O–H groups in total. The average Bonchev–Trinajstić information content (AvgIpc) is 2.27. The van der Waals surface area contributed by atoms with Gasteiger partial charge in [0.15, 0.2) is 0 Å². The van der Waals surface area contributed by atoms with E-state index in [0.717, 1.165) is 38.7 Å². The first kappa shape index (κ1) is 15.9. The zero-order valence-corrected chi connectivity index (χ0v) is 11.4. The zero-order chi connectivity index (χ0) is 12.2. The molecular formula is C14H30O2. The fourth-order valence-electron chi connectivity index (χ4n) is 1.92. The van der Waals surface area contributed by atoms with Gasteiger partial charge < -0.3 is 9.84 Å². The molecule has 0 amide bonds. The summed E-state index contributed by atoms with van der Waals surface area (Å²) in [4.78, 5) is 0. The summed E-state index contributed by atoms with van der Waals surface area (Å²) >= 11 is 0. The molecular weight excluding hydrogens is 200 g/mol. The Hall–Kier alpha value is -0.0800. The summed E-state index contributed by atoms with van der Waals surface area (Å²) in [5, 5.41) is 9.92. The van der Waals surface area contributed by atoms with Crippen molar-refractivity contribution < 1.29 is 9.84 Å². The molecule has 2 atom stereocenters. The molecule has 0 aliphatic heterocycles. The van der Waals surface area contributed by atoms with Gasteiger partial charge in [-0.05, 0) is 19.3 Å². The lowest BCUT2D eigenvalue weighted by Gasteiger charge is -2.22. The Morgan fingerprint density at radius 1 is 0.875 bits per heavy atom. The lowest BCUT2D eigenvalue weighted by molar-refractivity contribution is -0.0459. The molecule has 0 bridgehead atoms. The van der Waals surface area contributed by atoms with Crippen LogP contribution in [0, 0.1) is 0 Å². The Bertz CT molecular complexity index is 137. The first-order valence-corrected chi connectivity index (χ1v) is 7.05. The number of rotatable bonds is 11. The summed E-state index contributed by atoms with van der Waals surface area (Å²) in [6, 6.07) is 0. The molecule has 0 saturated heterocycles. The van der Waals surface area contributed by atoms with Gasteiger partial charge in [-0.1, -0.05) is 52.9 Å². The Kier molecular flexibility index (Phi) is 11.3. The van der Waals surface area contributed by atoms with Gasteiger partial charge >= 0.3 is 0 Å². The normalized spacial score (nSPS) is 15.0. The molecule has 0 fully saturated rings. The van der Waals surface area contributed by atoms with E-state index in [1.54, 1.807) is 0 Å². The van der Waals surface area contributed by atoms with Gasteiger partial charge in [0.1, 0.15) is 0 Å². The maximum absolute atomic E-state index is 9.92. The summed E-state index contributed by atoms with van der Waals surface area (Å²) in [7, 11) is 0. The molecule has 0 rings (SSSR count). The van der Waals surface area contributed by atoms with Crippen LogP contribution < -0.4 is 0 Å². The molecule has 0 heterocycles. The lowest BCUT2D eigenvalue weighted by Crippen LogP contribution is -2.29. The number of ether oxygens (including phenoxy) is 1. The second kappa shape index (κ2) is 11.4. The van der Waals surface area contributed by atoms with Crippen LogP contribution in [0.15, 0.2) is 0 Å². The van der Waals surface area contributed by atoms with Crippen molar-refractivity contribution in [3.05, 3.63) is 0 Å². The predicted octanol–water partition coefficient (Wildman–Crippen LogP) is 3.91. The minimum Gasteiger partial charge on any atom is -0.390 e. The molecule has 16 heavy (non-hydrogen) atoms. The van der Waals surface area contributed by atoms with Crippen LogP contribution in [-0.2, 0) is 4.74 Å². The first-order valence-electron chi connectivity index (χ1n) is 7.05. The van der Waals surface area contributed by atoms with Crippen LogP contribution in [-0.4, -0.2) is 23.9 Å². The van der Waals surface area contributed by atoms with E-state index in [2.05, 4.69) is 20.8 Å². The van der Waals surface area contributed by atoms with Gasteiger partial charge in [-0.15, -0.1) is 0 Å². The maximum Gasteiger partial charge on any atom is 0.0833 e. The van der Waals surface area contributed by atoms with Crippen LogP contribution in [0.2, 0.25) is 0 Å². The zero-order valence-electron chi connectivity index (χ0n) is 11.4. The van der Waals surface area contributed by atoms with Gasteiger partial charge in [0, 0.05) is 6.61 Å². The Morgan fingerprint density at radius 3 is 2.12 bits per heavy atom. The van der Waals surface area contributed by atoms with Gasteiger partial charge in [-0.3, -0.25) is 0 Å². The highest BCUT2D eigenvalue weighted by Crippen LogP contribution is 2.13. The minimum atomic E-state index is -0.267. The number of aliphatic hydroxyl groups is 1. The van der Waals surface area contributed by atoms with Crippen molar-refractivity contribution >= 4 is 0 Å². The van der Waals surface area contributed by atoms with Crippen molar-refractivity contribution in [3.63, 3.8) is 0 Å². The monoisotopic (exact) mass is 230 g/mol. The molecule has 0 aromatic rings. The van der Waals surface area contributed by atoms with Crippen LogP contribution in [0.25, 0.3) is 0 Å². The Labute approximate surface area is 101 Å². The van der Waals surface area contributed by atoms with Gasteiger partial charge in [0.2, 0.25) is 0 Å². The summed E-state index contributed by atoms with van der Waals surface area (Å²) in [6.45, 7) is 7.27. The summed E-state index contributed by atoms with van der Waals surface area (Å²) < 4.78 is 5.79. The van der Waals surface area contributed by atoms with E-state index < -0.39 is 0 Å². The topological polar surface area (TPSA) is 29.5 Å². The first-order chi connectivity index (χ1) is 7.76. The molecule has 0 aliphatic rings. The number of hydrogen-bond donors (Lipinski definition) is 1. The van der Waals surface area contributed by atoms with E-state index in [4.69, 9.17) is 4.74 Å². The quantitative estimate of drug-likeness (QED) is 0.545. The number of unbranched alkanes of at least 4 members (excludes halogenated alkanes) is 3. The van der Waals surface area contributed by atoms with Gasteiger partial charge in [0.05, 0.1) is 12.2 Å². The average molecular weight is 230 g/mol. The maximum atomic E-state index is 9.92. The van der Waals surface area contributed by atoms with Crippen LogP contribution >= 0.6 is 0 Å².